The topological polar surface area (TPSA) is 50.2 Å². The van der Waals surface area contributed by atoms with Crippen molar-refractivity contribution < 1.29 is 4.79 Å². The van der Waals surface area contributed by atoms with Crippen LogP contribution in [0.3, 0.4) is 0 Å². The number of benzene rings is 1. The van der Waals surface area contributed by atoms with E-state index in [1.165, 1.54) is 32.4 Å². The van der Waals surface area contributed by atoms with Gasteiger partial charge in [0.2, 0.25) is 0 Å². The van der Waals surface area contributed by atoms with Gasteiger partial charge in [-0.15, -0.1) is 11.3 Å². The van der Waals surface area contributed by atoms with Crippen LogP contribution in [0.4, 0.5) is 0 Å². The van der Waals surface area contributed by atoms with Crippen molar-refractivity contribution in [1.82, 2.24) is 20.0 Å². The Kier molecular flexibility index (Phi) is 6.19. The molecule has 0 unspecified atom stereocenters. The molecule has 2 aromatic heterocycles. The molecule has 1 aromatic carbocycles. The van der Waals surface area contributed by atoms with Gasteiger partial charge in [0.15, 0.2) is 0 Å². The summed E-state index contributed by atoms with van der Waals surface area (Å²) in [5.41, 5.74) is 2.32. The van der Waals surface area contributed by atoms with E-state index in [4.69, 9.17) is 5.10 Å². The molecule has 146 valence electrons. The first-order valence-electron chi connectivity index (χ1n) is 10.0. The van der Waals surface area contributed by atoms with Gasteiger partial charge in [-0.25, -0.2) is 4.68 Å². The van der Waals surface area contributed by atoms with Crippen molar-refractivity contribution >= 4 is 17.2 Å². The predicted molar refractivity (Wildman–Crippen MR) is 114 cm³/mol. The van der Waals surface area contributed by atoms with Gasteiger partial charge in [-0.3, -0.25) is 4.79 Å². The minimum Gasteiger partial charge on any atom is -0.352 e. The van der Waals surface area contributed by atoms with Crippen LogP contribution >= 0.6 is 11.3 Å². The minimum absolute atomic E-state index is 0.0516. The number of piperidine rings is 1. The summed E-state index contributed by atoms with van der Waals surface area (Å²) in [5.74, 6) is -0.0516. The third kappa shape index (κ3) is 4.51. The van der Waals surface area contributed by atoms with Crippen LogP contribution in [-0.2, 0) is 0 Å². The number of thiophene rings is 1. The highest BCUT2D eigenvalue weighted by molar-refractivity contribution is 7.13. The molecule has 0 saturated carbocycles. The maximum absolute atomic E-state index is 12.9. The van der Waals surface area contributed by atoms with E-state index in [1.54, 1.807) is 16.0 Å². The Balaban J connectivity index is 1.44. The highest BCUT2D eigenvalue weighted by atomic mass is 32.1. The van der Waals surface area contributed by atoms with E-state index in [9.17, 15) is 4.79 Å². The Morgan fingerprint density at radius 2 is 1.89 bits per heavy atom. The summed E-state index contributed by atoms with van der Waals surface area (Å²) in [7, 11) is 0. The summed E-state index contributed by atoms with van der Waals surface area (Å²) >= 11 is 1.60. The Hall–Kier alpha value is -2.44. The van der Waals surface area contributed by atoms with Gasteiger partial charge in [0, 0.05) is 12.7 Å². The monoisotopic (exact) mass is 394 g/mol. The van der Waals surface area contributed by atoms with Gasteiger partial charge in [0.05, 0.1) is 16.1 Å². The van der Waals surface area contributed by atoms with Crippen LogP contribution in [0.1, 0.15) is 36.0 Å². The summed E-state index contributed by atoms with van der Waals surface area (Å²) in [6, 6.07) is 13.9. The van der Waals surface area contributed by atoms with Crippen LogP contribution in [0, 0.1) is 0 Å². The first kappa shape index (κ1) is 18.9. The Morgan fingerprint density at radius 3 is 2.64 bits per heavy atom. The number of hydrogen-bond donors (Lipinski definition) is 1. The van der Waals surface area contributed by atoms with Crippen molar-refractivity contribution in [2.75, 3.05) is 26.2 Å². The first-order chi connectivity index (χ1) is 13.8. The van der Waals surface area contributed by atoms with E-state index >= 15 is 0 Å². The molecular weight excluding hydrogens is 368 g/mol. The Labute approximate surface area is 170 Å². The molecule has 4 rings (SSSR count). The van der Waals surface area contributed by atoms with Crippen molar-refractivity contribution in [3.8, 4) is 16.3 Å². The van der Waals surface area contributed by atoms with E-state index in [2.05, 4.69) is 10.2 Å². The van der Waals surface area contributed by atoms with Crippen molar-refractivity contribution in [1.29, 1.82) is 0 Å². The second-order valence-corrected chi connectivity index (χ2v) is 8.11. The molecule has 0 radical (unpaired) electrons. The molecule has 0 atom stereocenters. The van der Waals surface area contributed by atoms with Gasteiger partial charge >= 0.3 is 0 Å². The number of hydrogen-bond acceptors (Lipinski definition) is 4. The van der Waals surface area contributed by atoms with Crippen LogP contribution in [0.2, 0.25) is 0 Å². The summed E-state index contributed by atoms with van der Waals surface area (Å²) in [5, 5.41) is 9.81. The fourth-order valence-corrected chi connectivity index (χ4v) is 4.35. The van der Waals surface area contributed by atoms with Crippen molar-refractivity contribution in [2.45, 2.75) is 25.7 Å². The Morgan fingerprint density at radius 1 is 1.07 bits per heavy atom. The van der Waals surface area contributed by atoms with E-state index in [-0.39, 0.29) is 5.91 Å². The molecule has 0 bridgehead atoms. The largest absolute Gasteiger partial charge is 0.352 e. The molecule has 1 amide bonds. The van der Waals surface area contributed by atoms with Crippen LogP contribution in [0.5, 0.6) is 0 Å². The van der Waals surface area contributed by atoms with Gasteiger partial charge in [0.1, 0.15) is 5.69 Å². The number of rotatable bonds is 7. The van der Waals surface area contributed by atoms with E-state index < -0.39 is 0 Å². The lowest BCUT2D eigenvalue weighted by molar-refractivity contribution is 0.0951. The zero-order valence-corrected chi connectivity index (χ0v) is 16.8. The van der Waals surface area contributed by atoms with E-state index in [0.717, 1.165) is 29.2 Å². The van der Waals surface area contributed by atoms with Gasteiger partial charge in [-0.2, -0.15) is 5.10 Å². The predicted octanol–water partition coefficient (Wildman–Crippen LogP) is 4.21. The first-order valence-corrected chi connectivity index (χ1v) is 10.9. The molecule has 5 nitrogen and oxygen atoms in total. The zero-order valence-electron chi connectivity index (χ0n) is 16.0. The highest BCUT2D eigenvalue weighted by Gasteiger charge is 2.19. The summed E-state index contributed by atoms with van der Waals surface area (Å²) in [6.07, 6.45) is 6.77. The molecule has 0 aliphatic carbocycles. The van der Waals surface area contributed by atoms with Gasteiger partial charge < -0.3 is 10.2 Å². The highest BCUT2D eigenvalue weighted by Crippen LogP contribution is 2.27. The smallest absolute Gasteiger partial charge is 0.255 e. The second kappa shape index (κ2) is 9.17. The van der Waals surface area contributed by atoms with Crippen LogP contribution in [-0.4, -0.2) is 46.8 Å². The zero-order chi connectivity index (χ0) is 19.2. The van der Waals surface area contributed by atoms with Crippen LogP contribution < -0.4 is 5.32 Å². The average Bonchev–Trinajstić information content (AvgIpc) is 3.42. The molecular formula is C22H26N4OS. The molecule has 1 fully saturated rings. The number of carbonyl (C=O) groups is 1. The number of nitrogens with zero attached hydrogens (tertiary/aromatic N) is 3. The SMILES string of the molecule is O=C(NCCCN1CCCCC1)c1cn(-c2ccccc2)nc1-c1cccs1. The molecule has 1 N–H and O–H groups in total. The van der Waals surface area contributed by atoms with E-state index in [0.29, 0.717) is 12.1 Å². The molecule has 3 heterocycles. The van der Waals surface area contributed by atoms with Crippen molar-refractivity contribution in [3.63, 3.8) is 0 Å². The molecule has 3 aromatic rings. The number of amides is 1. The molecule has 28 heavy (non-hydrogen) atoms. The summed E-state index contributed by atoms with van der Waals surface area (Å²) in [6.45, 7) is 4.14. The van der Waals surface area contributed by atoms with Crippen LogP contribution in [0.25, 0.3) is 16.3 Å². The quantitative estimate of drug-likeness (QED) is 0.611. The lowest BCUT2D eigenvalue weighted by Crippen LogP contribution is -2.33. The number of aromatic nitrogens is 2. The lowest BCUT2D eigenvalue weighted by Gasteiger charge is -2.26. The molecule has 1 aliphatic heterocycles. The number of nitrogens with one attached hydrogen (secondary N) is 1. The normalized spacial score (nSPS) is 14.9. The van der Waals surface area contributed by atoms with E-state index in [1.807, 2.05) is 54.0 Å². The van der Waals surface area contributed by atoms with Gasteiger partial charge in [-0.1, -0.05) is 30.7 Å². The third-order valence-electron chi connectivity index (χ3n) is 5.12. The number of likely N-dealkylation sites (tertiary alicyclic amines) is 1. The standard InChI is InChI=1S/C22H26N4OS/c27-22(23-12-8-15-25-13-5-2-6-14-25)19-17-26(18-9-3-1-4-10-18)24-21(19)20-11-7-16-28-20/h1,3-4,7,9-11,16-17H,2,5-6,8,12-15H2,(H,23,27). The van der Waals surface area contributed by atoms with Gasteiger partial charge in [0.25, 0.3) is 5.91 Å². The number of carbonyl (C=O) groups excluding carboxylic acids is 1. The molecule has 6 heteroatoms. The maximum atomic E-state index is 12.9. The number of para-hydroxylation sites is 1. The lowest BCUT2D eigenvalue weighted by atomic mass is 10.1. The Bertz CT molecular complexity index is 883. The fourth-order valence-electron chi connectivity index (χ4n) is 3.63. The molecule has 1 saturated heterocycles. The maximum Gasteiger partial charge on any atom is 0.255 e. The van der Waals surface area contributed by atoms with Crippen molar-refractivity contribution in [3.05, 3.63) is 59.6 Å². The van der Waals surface area contributed by atoms with Crippen LogP contribution in [0.15, 0.2) is 54.0 Å². The average molecular weight is 395 g/mol. The van der Waals surface area contributed by atoms with Gasteiger partial charge in [-0.05, 0) is 62.5 Å². The van der Waals surface area contributed by atoms with Crippen molar-refractivity contribution in [2.24, 2.45) is 0 Å². The summed E-state index contributed by atoms with van der Waals surface area (Å²) < 4.78 is 1.79. The third-order valence-corrected chi connectivity index (χ3v) is 6.00. The fraction of sp³-hybridized carbons (Fsp3) is 0.364. The molecule has 1 aliphatic rings. The second-order valence-electron chi connectivity index (χ2n) is 7.16. The summed E-state index contributed by atoms with van der Waals surface area (Å²) in [4.78, 5) is 16.4. The minimum atomic E-state index is -0.0516. The molecule has 0 spiro atoms.